The van der Waals surface area contributed by atoms with Crippen molar-refractivity contribution in [2.24, 2.45) is 0 Å². The van der Waals surface area contributed by atoms with Gasteiger partial charge in [0.05, 0.1) is 11.3 Å². The SMILES string of the molecule is O=C(NCc1cc(F)cc(C(F)(F)F)c1)Nc1ccc(Br)cc1F. The second kappa shape index (κ2) is 7.16. The second-order valence-electron chi connectivity index (χ2n) is 4.78. The highest BCUT2D eigenvalue weighted by Crippen LogP contribution is 2.30. The smallest absolute Gasteiger partial charge is 0.334 e. The largest absolute Gasteiger partial charge is 0.416 e. The predicted octanol–water partition coefficient (Wildman–Crippen LogP) is 5.07. The maximum atomic E-state index is 13.6. The van der Waals surface area contributed by atoms with E-state index in [2.05, 4.69) is 26.6 Å². The summed E-state index contributed by atoms with van der Waals surface area (Å²) in [6.45, 7) is -0.356. The molecule has 0 aromatic heterocycles. The number of carbonyl (C=O) groups is 1. The molecule has 0 aliphatic carbocycles. The van der Waals surface area contributed by atoms with Crippen LogP contribution >= 0.6 is 15.9 Å². The first-order valence-electron chi connectivity index (χ1n) is 6.52. The molecule has 0 bridgehead atoms. The second-order valence-corrected chi connectivity index (χ2v) is 5.69. The van der Waals surface area contributed by atoms with Gasteiger partial charge in [-0.3, -0.25) is 0 Å². The Balaban J connectivity index is 2.02. The van der Waals surface area contributed by atoms with Crippen molar-refractivity contribution in [2.75, 3.05) is 5.32 Å². The number of alkyl halides is 3. The molecule has 128 valence electrons. The molecule has 2 amide bonds. The highest BCUT2D eigenvalue weighted by atomic mass is 79.9. The van der Waals surface area contributed by atoms with Gasteiger partial charge in [-0.15, -0.1) is 0 Å². The summed E-state index contributed by atoms with van der Waals surface area (Å²) in [6.07, 6.45) is -4.69. The van der Waals surface area contributed by atoms with Crippen molar-refractivity contribution in [3.05, 3.63) is 63.6 Å². The van der Waals surface area contributed by atoms with Crippen LogP contribution in [0.5, 0.6) is 0 Å². The van der Waals surface area contributed by atoms with Gasteiger partial charge in [-0.25, -0.2) is 13.6 Å². The van der Waals surface area contributed by atoms with Crippen LogP contribution in [0.4, 0.5) is 32.4 Å². The Bertz CT molecular complexity index is 764. The molecule has 3 nitrogen and oxygen atoms in total. The van der Waals surface area contributed by atoms with Crippen molar-refractivity contribution in [3.8, 4) is 0 Å². The Labute approximate surface area is 142 Å². The molecule has 0 aliphatic heterocycles. The van der Waals surface area contributed by atoms with Crippen molar-refractivity contribution in [1.82, 2.24) is 5.32 Å². The van der Waals surface area contributed by atoms with Crippen LogP contribution in [0.2, 0.25) is 0 Å². The third-order valence-corrected chi connectivity index (χ3v) is 3.41. The molecule has 0 radical (unpaired) electrons. The molecule has 2 rings (SSSR count). The maximum Gasteiger partial charge on any atom is 0.416 e. The van der Waals surface area contributed by atoms with Gasteiger partial charge in [-0.05, 0) is 42.0 Å². The molecule has 0 fully saturated rings. The van der Waals surface area contributed by atoms with Gasteiger partial charge >= 0.3 is 12.2 Å². The number of rotatable bonds is 3. The van der Waals surface area contributed by atoms with E-state index in [1.807, 2.05) is 0 Å². The highest BCUT2D eigenvalue weighted by Gasteiger charge is 2.31. The minimum atomic E-state index is -4.69. The van der Waals surface area contributed by atoms with Crippen LogP contribution in [0.1, 0.15) is 11.1 Å². The van der Waals surface area contributed by atoms with E-state index in [-0.39, 0.29) is 17.8 Å². The topological polar surface area (TPSA) is 41.1 Å². The van der Waals surface area contributed by atoms with E-state index < -0.39 is 29.4 Å². The van der Waals surface area contributed by atoms with Gasteiger partial charge in [-0.1, -0.05) is 15.9 Å². The zero-order valence-electron chi connectivity index (χ0n) is 11.8. The minimum Gasteiger partial charge on any atom is -0.334 e. The van der Waals surface area contributed by atoms with Crippen LogP contribution in [0, 0.1) is 11.6 Å². The van der Waals surface area contributed by atoms with Gasteiger partial charge in [-0.2, -0.15) is 13.2 Å². The van der Waals surface area contributed by atoms with E-state index in [9.17, 15) is 26.7 Å². The zero-order valence-corrected chi connectivity index (χ0v) is 13.4. The fraction of sp³-hybridized carbons (Fsp3) is 0.133. The van der Waals surface area contributed by atoms with E-state index in [1.54, 1.807) is 0 Å². The molecule has 0 saturated heterocycles. The lowest BCUT2D eigenvalue weighted by atomic mass is 10.1. The summed E-state index contributed by atoms with van der Waals surface area (Å²) in [4.78, 5) is 11.7. The van der Waals surface area contributed by atoms with Gasteiger partial charge in [0, 0.05) is 11.0 Å². The number of carbonyl (C=O) groups excluding carboxylic acids is 1. The first-order valence-corrected chi connectivity index (χ1v) is 7.31. The van der Waals surface area contributed by atoms with Crippen LogP contribution in [0.3, 0.4) is 0 Å². The van der Waals surface area contributed by atoms with Gasteiger partial charge in [0.25, 0.3) is 0 Å². The minimum absolute atomic E-state index is 0.0752. The summed E-state index contributed by atoms with van der Waals surface area (Å²) in [5.74, 6) is -1.76. The molecule has 2 aromatic rings. The summed E-state index contributed by atoms with van der Waals surface area (Å²) in [7, 11) is 0. The van der Waals surface area contributed by atoms with Gasteiger partial charge in [0.1, 0.15) is 11.6 Å². The van der Waals surface area contributed by atoms with E-state index in [0.29, 0.717) is 10.5 Å². The zero-order chi connectivity index (χ0) is 17.9. The van der Waals surface area contributed by atoms with Crippen LogP contribution in [-0.4, -0.2) is 6.03 Å². The quantitative estimate of drug-likeness (QED) is 0.684. The third kappa shape index (κ3) is 4.92. The van der Waals surface area contributed by atoms with E-state index >= 15 is 0 Å². The molecule has 0 saturated carbocycles. The van der Waals surface area contributed by atoms with E-state index in [1.165, 1.54) is 12.1 Å². The lowest BCUT2D eigenvalue weighted by Crippen LogP contribution is -2.28. The lowest BCUT2D eigenvalue weighted by molar-refractivity contribution is -0.137. The monoisotopic (exact) mass is 408 g/mol. The first kappa shape index (κ1) is 18.2. The number of hydrogen-bond acceptors (Lipinski definition) is 1. The van der Waals surface area contributed by atoms with Crippen LogP contribution in [0.15, 0.2) is 40.9 Å². The van der Waals surface area contributed by atoms with Crippen LogP contribution in [-0.2, 0) is 12.7 Å². The number of urea groups is 1. The fourth-order valence-corrected chi connectivity index (χ4v) is 2.19. The van der Waals surface area contributed by atoms with Crippen molar-refractivity contribution >= 4 is 27.6 Å². The van der Waals surface area contributed by atoms with Crippen molar-refractivity contribution < 1.29 is 26.7 Å². The van der Waals surface area contributed by atoms with Crippen molar-refractivity contribution in [3.63, 3.8) is 0 Å². The van der Waals surface area contributed by atoms with Crippen molar-refractivity contribution in [2.45, 2.75) is 12.7 Å². The highest BCUT2D eigenvalue weighted by molar-refractivity contribution is 9.10. The maximum absolute atomic E-state index is 13.6. The summed E-state index contributed by atoms with van der Waals surface area (Å²) in [6, 6.07) is 5.07. The summed E-state index contributed by atoms with van der Waals surface area (Å²) >= 11 is 3.06. The molecule has 0 spiro atoms. The van der Waals surface area contributed by atoms with Crippen molar-refractivity contribution in [1.29, 1.82) is 0 Å². The average Bonchev–Trinajstić information content (AvgIpc) is 2.47. The van der Waals surface area contributed by atoms with E-state index in [4.69, 9.17) is 0 Å². The summed E-state index contributed by atoms with van der Waals surface area (Å²) < 4.78 is 65.1. The number of amides is 2. The third-order valence-electron chi connectivity index (χ3n) is 2.92. The molecule has 2 N–H and O–H groups in total. The molecule has 0 atom stereocenters. The molecule has 24 heavy (non-hydrogen) atoms. The predicted molar refractivity (Wildman–Crippen MR) is 81.4 cm³/mol. The number of hydrogen-bond donors (Lipinski definition) is 2. The van der Waals surface area contributed by atoms with Gasteiger partial charge < -0.3 is 10.6 Å². The Kier molecular flexibility index (Phi) is 5.43. The number of halogens is 6. The molecule has 0 heterocycles. The van der Waals surface area contributed by atoms with Gasteiger partial charge in [0.15, 0.2) is 0 Å². The van der Waals surface area contributed by atoms with Gasteiger partial charge in [0.2, 0.25) is 0 Å². The first-order chi connectivity index (χ1) is 11.1. The molecular formula is C15H10BrF5N2O. The number of anilines is 1. The fourth-order valence-electron chi connectivity index (χ4n) is 1.86. The molecular weight excluding hydrogens is 399 g/mol. The van der Waals surface area contributed by atoms with Crippen LogP contribution < -0.4 is 10.6 Å². The Morgan fingerprint density at radius 2 is 1.79 bits per heavy atom. The average molecular weight is 409 g/mol. The van der Waals surface area contributed by atoms with E-state index in [0.717, 1.165) is 18.2 Å². The summed E-state index contributed by atoms with van der Waals surface area (Å²) in [5.41, 5.74) is -1.33. The molecule has 2 aromatic carbocycles. The van der Waals surface area contributed by atoms with Crippen LogP contribution in [0.25, 0.3) is 0 Å². The Morgan fingerprint density at radius 3 is 2.42 bits per heavy atom. The standard InChI is InChI=1S/C15H10BrF5N2O/c16-10-1-2-13(12(18)6-10)23-14(24)22-7-8-3-9(15(19,20)21)5-11(17)4-8/h1-6H,7H2,(H2,22,23,24). The molecule has 0 unspecified atom stereocenters. The summed E-state index contributed by atoms with van der Waals surface area (Å²) in [5, 5.41) is 4.44. The number of nitrogens with one attached hydrogen (secondary N) is 2. The Morgan fingerprint density at radius 1 is 1.08 bits per heavy atom. The molecule has 9 heteroatoms. The lowest BCUT2D eigenvalue weighted by Gasteiger charge is -2.11. The molecule has 0 aliphatic rings. The number of benzene rings is 2. The Hall–Kier alpha value is -2.16. The normalized spacial score (nSPS) is 11.2.